The van der Waals surface area contributed by atoms with Crippen molar-refractivity contribution in [3.05, 3.63) is 60.2 Å². The van der Waals surface area contributed by atoms with E-state index in [1.807, 2.05) is 44.2 Å². The van der Waals surface area contributed by atoms with Gasteiger partial charge in [-0.15, -0.1) is 0 Å². The van der Waals surface area contributed by atoms with Gasteiger partial charge in [-0.2, -0.15) is 5.10 Å². The molecule has 0 radical (unpaired) electrons. The lowest BCUT2D eigenvalue weighted by molar-refractivity contribution is 0.775. The lowest BCUT2D eigenvalue weighted by Crippen LogP contribution is -2.21. The number of pyridine rings is 3. The van der Waals surface area contributed by atoms with Crippen LogP contribution in [0.25, 0.3) is 33.5 Å². The summed E-state index contributed by atoms with van der Waals surface area (Å²) in [4.78, 5) is 13.4. The molecule has 4 heterocycles. The number of nitrogens with two attached hydrogens (primary N) is 1. The fourth-order valence-electron chi connectivity index (χ4n) is 3.17. The molecular weight excluding hydrogens is 350 g/mol. The van der Waals surface area contributed by atoms with Crippen molar-refractivity contribution in [1.29, 1.82) is 5.41 Å². The molecule has 4 aromatic heterocycles. The van der Waals surface area contributed by atoms with Gasteiger partial charge >= 0.3 is 0 Å². The fraction of sp³-hybridized carbons (Fsp3) is 0.190. The van der Waals surface area contributed by atoms with E-state index in [-0.39, 0.29) is 6.04 Å². The second-order valence-electron chi connectivity index (χ2n) is 6.95. The highest BCUT2D eigenvalue weighted by atomic mass is 15.1. The summed E-state index contributed by atoms with van der Waals surface area (Å²) >= 11 is 0. The van der Waals surface area contributed by atoms with E-state index in [1.54, 1.807) is 18.6 Å². The van der Waals surface area contributed by atoms with Gasteiger partial charge in [-0.25, -0.2) is 4.98 Å². The maximum Gasteiger partial charge on any atom is 0.118 e. The molecule has 0 fully saturated rings. The molecule has 1 atom stereocenters. The highest BCUT2D eigenvalue weighted by Crippen LogP contribution is 2.28. The minimum absolute atomic E-state index is 0.0864. The molecule has 0 aliphatic rings. The summed E-state index contributed by atoms with van der Waals surface area (Å²) in [5.74, 6) is 0. The van der Waals surface area contributed by atoms with Gasteiger partial charge in [-0.3, -0.25) is 15.1 Å². The highest BCUT2D eigenvalue weighted by Gasteiger charge is 2.15. The van der Waals surface area contributed by atoms with Crippen molar-refractivity contribution in [2.24, 2.45) is 5.73 Å². The molecule has 0 saturated heterocycles. The number of hydrogen-bond donors (Lipinski definition) is 3. The number of H-pyrrole nitrogens is 1. The molecular formula is C21H21N7. The minimum Gasteiger partial charge on any atom is -0.328 e. The van der Waals surface area contributed by atoms with Crippen LogP contribution in [0.4, 0.5) is 0 Å². The molecule has 140 valence electrons. The van der Waals surface area contributed by atoms with Gasteiger partial charge in [0.05, 0.1) is 34.5 Å². The van der Waals surface area contributed by atoms with Crippen LogP contribution >= 0.6 is 0 Å². The van der Waals surface area contributed by atoms with Crippen LogP contribution in [0.5, 0.6) is 0 Å². The molecule has 0 saturated carbocycles. The summed E-state index contributed by atoms with van der Waals surface area (Å²) in [6, 6.07) is 9.65. The molecule has 4 rings (SSSR count). The molecule has 0 unspecified atom stereocenters. The standard InChI is InChI=1S/C21H21N7/c1-12-5-6-17(26-20(12)16(23)8-13(2)22)21-15-9-18(14-4-3-7-24-10-14)25-11-19(15)27-28-21/h3-7,9-11,13,23H,8,22H2,1-2H3,(H,27,28)/t13-/m0/s1. The maximum absolute atomic E-state index is 8.34. The van der Waals surface area contributed by atoms with E-state index >= 15 is 0 Å². The number of nitrogens with one attached hydrogen (secondary N) is 2. The van der Waals surface area contributed by atoms with E-state index in [0.29, 0.717) is 23.5 Å². The Hall–Kier alpha value is -3.45. The molecule has 0 spiro atoms. The maximum atomic E-state index is 8.34. The van der Waals surface area contributed by atoms with E-state index in [0.717, 1.165) is 33.4 Å². The molecule has 0 amide bonds. The third kappa shape index (κ3) is 3.39. The lowest BCUT2D eigenvalue weighted by atomic mass is 10.0. The Bertz CT molecular complexity index is 1150. The zero-order valence-corrected chi connectivity index (χ0v) is 15.8. The second kappa shape index (κ2) is 7.28. The van der Waals surface area contributed by atoms with Crippen molar-refractivity contribution < 1.29 is 0 Å². The van der Waals surface area contributed by atoms with E-state index in [1.165, 1.54) is 0 Å². The van der Waals surface area contributed by atoms with Crippen LogP contribution in [0.15, 0.2) is 48.9 Å². The zero-order valence-electron chi connectivity index (χ0n) is 15.8. The van der Waals surface area contributed by atoms with Crippen molar-refractivity contribution in [2.75, 3.05) is 0 Å². The van der Waals surface area contributed by atoms with Gasteiger partial charge in [0.25, 0.3) is 0 Å². The van der Waals surface area contributed by atoms with E-state index in [9.17, 15) is 0 Å². The molecule has 0 aromatic carbocycles. The van der Waals surface area contributed by atoms with Crippen LogP contribution in [0.2, 0.25) is 0 Å². The second-order valence-corrected chi connectivity index (χ2v) is 6.95. The average Bonchev–Trinajstić information content (AvgIpc) is 3.11. The first-order valence-electron chi connectivity index (χ1n) is 9.09. The Morgan fingerprint density at radius 3 is 2.82 bits per heavy atom. The number of nitrogens with zero attached hydrogens (tertiary/aromatic N) is 4. The number of aryl methyl sites for hydroxylation is 1. The van der Waals surface area contributed by atoms with Gasteiger partial charge < -0.3 is 11.1 Å². The van der Waals surface area contributed by atoms with Crippen molar-refractivity contribution in [3.8, 4) is 22.6 Å². The summed E-state index contributed by atoms with van der Waals surface area (Å²) in [6.07, 6.45) is 5.76. The van der Waals surface area contributed by atoms with Crippen LogP contribution in [-0.4, -0.2) is 36.9 Å². The topological polar surface area (TPSA) is 117 Å². The van der Waals surface area contributed by atoms with E-state index in [2.05, 4.69) is 20.2 Å². The Morgan fingerprint density at radius 1 is 1.21 bits per heavy atom. The summed E-state index contributed by atoms with van der Waals surface area (Å²) in [5, 5.41) is 16.7. The quantitative estimate of drug-likeness (QED) is 0.464. The lowest BCUT2D eigenvalue weighted by Gasteiger charge is -2.10. The number of fused-ring (bicyclic) bond motifs is 1. The first-order valence-corrected chi connectivity index (χ1v) is 9.09. The van der Waals surface area contributed by atoms with Crippen LogP contribution in [0, 0.1) is 12.3 Å². The molecule has 4 N–H and O–H groups in total. The number of aromatic nitrogens is 5. The Balaban J connectivity index is 1.80. The summed E-state index contributed by atoms with van der Waals surface area (Å²) in [6.45, 7) is 3.84. The van der Waals surface area contributed by atoms with Gasteiger partial charge in [0.1, 0.15) is 5.69 Å². The van der Waals surface area contributed by atoms with Gasteiger partial charge in [-0.05, 0) is 43.7 Å². The largest absolute Gasteiger partial charge is 0.328 e. The van der Waals surface area contributed by atoms with Crippen molar-refractivity contribution in [2.45, 2.75) is 26.3 Å². The predicted octanol–water partition coefficient (Wildman–Crippen LogP) is 3.50. The van der Waals surface area contributed by atoms with E-state index < -0.39 is 0 Å². The van der Waals surface area contributed by atoms with Gasteiger partial charge in [0.2, 0.25) is 0 Å². The first-order chi connectivity index (χ1) is 13.5. The number of rotatable bonds is 5. The Kier molecular flexibility index (Phi) is 4.67. The van der Waals surface area contributed by atoms with Crippen LogP contribution < -0.4 is 5.73 Å². The van der Waals surface area contributed by atoms with Crippen molar-refractivity contribution in [3.63, 3.8) is 0 Å². The van der Waals surface area contributed by atoms with E-state index in [4.69, 9.17) is 16.1 Å². The third-order valence-electron chi connectivity index (χ3n) is 4.56. The molecule has 4 aromatic rings. The Labute approximate surface area is 162 Å². The van der Waals surface area contributed by atoms with Crippen LogP contribution in [0.3, 0.4) is 0 Å². The molecule has 0 aliphatic heterocycles. The average molecular weight is 371 g/mol. The predicted molar refractivity (Wildman–Crippen MR) is 110 cm³/mol. The molecule has 28 heavy (non-hydrogen) atoms. The highest BCUT2D eigenvalue weighted by molar-refractivity contribution is 5.99. The molecule has 0 bridgehead atoms. The Morgan fingerprint density at radius 2 is 2.07 bits per heavy atom. The van der Waals surface area contributed by atoms with Crippen LogP contribution in [-0.2, 0) is 0 Å². The molecule has 7 nitrogen and oxygen atoms in total. The van der Waals surface area contributed by atoms with Crippen molar-refractivity contribution >= 4 is 16.6 Å². The monoisotopic (exact) mass is 371 g/mol. The van der Waals surface area contributed by atoms with Crippen LogP contribution in [0.1, 0.15) is 24.6 Å². The summed E-state index contributed by atoms with van der Waals surface area (Å²) < 4.78 is 0. The number of aromatic amines is 1. The molecule has 7 heteroatoms. The minimum atomic E-state index is -0.0864. The summed E-state index contributed by atoms with van der Waals surface area (Å²) in [7, 11) is 0. The SMILES string of the molecule is Cc1ccc(-c2n[nH]c3cnc(-c4cccnc4)cc23)nc1C(=N)C[C@H](C)N. The smallest absolute Gasteiger partial charge is 0.118 e. The molecule has 0 aliphatic carbocycles. The van der Waals surface area contributed by atoms with Gasteiger partial charge in [0, 0.05) is 35.8 Å². The normalized spacial score (nSPS) is 12.2. The van der Waals surface area contributed by atoms with Crippen molar-refractivity contribution in [1.82, 2.24) is 25.1 Å². The summed E-state index contributed by atoms with van der Waals surface area (Å²) in [5.41, 5.74) is 11.9. The fourth-order valence-corrected chi connectivity index (χ4v) is 3.17. The zero-order chi connectivity index (χ0) is 19.7. The third-order valence-corrected chi connectivity index (χ3v) is 4.56. The van der Waals surface area contributed by atoms with Gasteiger partial charge in [-0.1, -0.05) is 6.07 Å². The number of hydrogen-bond acceptors (Lipinski definition) is 6. The first kappa shape index (κ1) is 17.9. The van der Waals surface area contributed by atoms with Gasteiger partial charge in [0.15, 0.2) is 0 Å².